The molecule has 1 aliphatic heterocycles. The Hall–Kier alpha value is -1.84. The van der Waals surface area contributed by atoms with Crippen molar-refractivity contribution < 1.29 is 9.59 Å². The van der Waals surface area contributed by atoms with E-state index in [4.69, 9.17) is 0 Å². The van der Waals surface area contributed by atoms with Gasteiger partial charge in [-0.2, -0.15) is 0 Å². The molecule has 0 saturated carbocycles. The van der Waals surface area contributed by atoms with Gasteiger partial charge in [-0.15, -0.1) is 0 Å². The summed E-state index contributed by atoms with van der Waals surface area (Å²) in [7, 11) is 1.81. The number of likely N-dealkylation sites (tertiary alicyclic amines) is 1. The number of likely N-dealkylation sites (N-methyl/N-ethyl adjacent to an activating group) is 1. The maximum Gasteiger partial charge on any atom is 0.241 e. The van der Waals surface area contributed by atoms with E-state index in [2.05, 4.69) is 12.1 Å². The summed E-state index contributed by atoms with van der Waals surface area (Å²) in [5.41, 5.74) is 1.22. The van der Waals surface area contributed by atoms with Crippen molar-refractivity contribution in [1.82, 2.24) is 9.80 Å². The molecule has 0 aromatic heterocycles. The molecule has 114 valence electrons. The average Bonchev–Trinajstić information content (AvgIpc) is 2.71. The third-order valence-electron chi connectivity index (χ3n) is 4.00. The van der Waals surface area contributed by atoms with Crippen LogP contribution in [0.25, 0.3) is 0 Å². The molecule has 2 rings (SSSR count). The first-order chi connectivity index (χ1) is 10.2. The molecule has 0 radical (unpaired) electrons. The Labute approximate surface area is 126 Å². The zero-order valence-electron chi connectivity index (χ0n) is 12.8. The summed E-state index contributed by atoms with van der Waals surface area (Å²) < 4.78 is 0. The number of nitrogens with zero attached hydrogens (tertiary/aromatic N) is 2. The second kappa shape index (κ2) is 7.81. The molecule has 1 aromatic rings. The highest BCUT2D eigenvalue weighted by Crippen LogP contribution is 2.11. The summed E-state index contributed by atoms with van der Waals surface area (Å²) >= 11 is 0. The molecular formula is C17H24N2O2. The van der Waals surface area contributed by atoms with E-state index in [9.17, 15) is 9.59 Å². The Morgan fingerprint density at radius 2 is 1.95 bits per heavy atom. The number of hydrogen-bond donors (Lipinski definition) is 0. The van der Waals surface area contributed by atoms with Crippen LogP contribution in [0.4, 0.5) is 0 Å². The van der Waals surface area contributed by atoms with E-state index >= 15 is 0 Å². The van der Waals surface area contributed by atoms with E-state index in [0.717, 1.165) is 32.2 Å². The number of carbonyl (C=O) groups excluding carboxylic acids is 2. The average molecular weight is 288 g/mol. The van der Waals surface area contributed by atoms with Crippen LogP contribution in [0.15, 0.2) is 30.3 Å². The number of rotatable bonds is 5. The third kappa shape index (κ3) is 4.88. The zero-order valence-corrected chi connectivity index (χ0v) is 12.8. The second-order valence-corrected chi connectivity index (χ2v) is 5.68. The van der Waals surface area contributed by atoms with Gasteiger partial charge in [0.05, 0.1) is 6.54 Å². The summed E-state index contributed by atoms with van der Waals surface area (Å²) in [6.45, 7) is 1.63. The van der Waals surface area contributed by atoms with Crippen molar-refractivity contribution in [2.75, 3.05) is 26.7 Å². The molecule has 1 fully saturated rings. The van der Waals surface area contributed by atoms with Gasteiger partial charge >= 0.3 is 0 Å². The fourth-order valence-corrected chi connectivity index (χ4v) is 2.56. The molecule has 0 unspecified atom stereocenters. The van der Waals surface area contributed by atoms with Gasteiger partial charge in [-0.1, -0.05) is 36.8 Å². The maximum absolute atomic E-state index is 12.2. The van der Waals surface area contributed by atoms with E-state index in [1.807, 2.05) is 25.2 Å². The van der Waals surface area contributed by atoms with Gasteiger partial charge < -0.3 is 9.80 Å². The van der Waals surface area contributed by atoms with Crippen LogP contribution in [0.1, 0.15) is 31.2 Å². The molecule has 21 heavy (non-hydrogen) atoms. The van der Waals surface area contributed by atoms with Crippen LogP contribution in [0, 0.1) is 0 Å². The number of amides is 2. The monoisotopic (exact) mass is 288 g/mol. The second-order valence-electron chi connectivity index (χ2n) is 5.68. The molecule has 0 atom stereocenters. The summed E-state index contributed by atoms with van der Waals surface area (Å²) in [6, 6.07) is 10.1. The highest BCUT2D eigenvalue weighted by molar-refractivity contribution is 5.84. The lowest BCUT2D eigenvalue weighted by molar-refractivity contribution is -0.139. The van der Waals surface area contributed by atoms with E-state index in [-0.39, 0.29) is 18.4 Å². The SMILES string of the molecule is CN(CCc1ccccc1)C(=O)CN1CCCCCC1=O. The molecule has 4 nitrogen and oxygen atoms in total. The van der Waals surface area contributed by atoms with E-state index < -0.39 is 0 Å². The Morgan fingerprint density at radius 1 is 1.19 bits per heavy atom. The highest BCUT2D eigenvalue weighted by atomic mass is 16.2. The number of benzene rings is 1. The predicted molar refractivity (Wildman–Crippen MR) is 82.8 cm³/mol. The summed E-state index contributed by atoms with van der Waals surface area (Å²) in [5, 5.41) is 0. The van der Waals surface area contributed by atoms with Gasteiger partial charge in [0.2, 0.25) is 11.8 Å². The van der Waals surface area contributed by atoms with Crippen LogP contribution in [0.2, 0.25) is 0 Å². The highest BCUT2D eigenvalue weighted by Gasteiger charge is 2.20. The summed E-state index contributed by atoms with van der Waals surface area (Å²) in [4.78, 5) is 27.6. The van der Waals surface area contributed by atoms with Crippen LogP contribution in [-0.4, -0.2) is 48.3 Å². The van der Waals surface area contributed by atoms with Crippen LogP contribution in [0.3, 0.4) is 0 Å². The fourth-order valence-electron chi connectivity index (χ4n) is 2.56. The molecule has 1 aliphatic rings. The van der Waals surface area contributed by atoms with Crippen molar-refractivity contribution in [2.24, 2.45) is 0 Å². The Kier molecular flexibility index (Phi) is 5.78. The lowest BCUT2D eigenvalue weighted by Crippen LogP contribution is -2.41. The van der Waals surface area contributed by atoms with Gasteiger partial charge in [-0.3, -0.25) is 9.59 Å². The normalized spacial score (nSPS) is 15.7. The summed E-state index contributed by atoms with van der Waals surface area (Å²) in [5.74, 6) is 0.151. The van der Waals surface area contributed by atoms with Gasteiger partial charge in [-0.25, -0.2) is 0 Å². The molecule has 0 N–H and O–H groups in total. The Bertz CT molecular complexity index is 473. The quantitative estimate of drug-likeness (QED) is 0.832. The summed E-state index contributed by atoms with van der Waals surface area (Å²) in [6.07, 6.45) is 4.47. The lowest BCUT2D eigenvalue weighted by atomic mass is 10.1. The van der Waals surface area contributed by atoms with Crippen molar-refractivity contribution in [3.63, 3.8) is 0 Å². The molecule has 1 saturated heterocycles. The topological polar surface area (TPSA) is 40.6 Å². The number of hydrogen-bond acceptors (Lipinski definition) is 2. The van der Waals surface area contributed by atoms with Crippen molar-refractivity contribution in [3.05, 3.63) is 35.9 Å². The standard InChI is InChI=1S/C17H24N2O2/c1-18(13-11-15-8-4-2-5-9-15)17(21)14-19-12-7-3-6-10-16(19)20/h2,4-5,8-9H,3,6-7,10-14H2,1H3. The lowest BCUT2D eigenvalue weighted by Gasteiger charge is -2.24. The minimum atomic E-state index is 0.0289. The molecule has 0 spiro atoms. The Morgan fingerprint density at radius 3 is 2.71 bits per heavy atom. The van der Waals surface area contributed by atoms with Crippen molar-refractivity contribution >= 4 is 11.8 Å². The third-order valence-corrected chi connectivity index (χ3v) is 4.00. The minimum absolute atomic E-state index is 0.0289. The van der Waals surface area contributed by atoms with Gasteiger partial charge in [0, 0.05) is 26.6 Å². The van der Waals surface area contributed by atoms with Crippen LogP contribution < -0.4 is 0 Å². The molecule has 4 heteroatoms. The largest absolute Gasteiger partial charge is 0.344 e. The first kappa shape index (κ1) is 15.5. The first-order valence-corrected chi connectivity index (χ1v) is 7.72. The smallest absolute Gasteiger partial charge is 0.241 e. The van der Waals surface area contributed by atoms with Crippen LogP contribution in [-0.2, 0) is 16.0 Å². The zero-order chi connectivity index (χ0) is 15.1. The van der Waals surface area contributed by atoms with Crippen LogP contribution >= 0.6 is 0 Å². The van der Waals surface area contributed by atoms with E-state index in [1.54, 1.807) is 9.80 Å². The molecule has 1 heterocycles. The predicted octanol–water partition coefficient (Wildman–Crippen LogP) is 2.09. The fraction of sp³-hybridized carbons (Fsp3) is 0.529. The van der Waals surface area contributed by atoms with Gasteiger partial charge in [0.15, 0.2) is 0 Å². The van der Waals surface area contributed by atoms with Crippen molar-refractivity contribution in [1.29, 1.82) is 0 Å². The van der Waals surface area contributed by atoms with Gasteiger partial charge in [0.25, 0.3) is 0 Å². The van der Waals surface area contributed by atoms with Crippen LogP contribution in [0.5, 0.6) is 0 Å². The van der Waals surface area contributed by atoms with Gasteiger partial charge in [0.1, 0.15) is 0 Å². The van der Waals surface area contributed by atoms with Crippen molar-refractivity contribution in [2.45, 2.75) is 32.1 Å². The van der Waals surface area contributed by atoms with Gasteiger partial charge in [-0.05, 0) is 24.8 Å². The molecule has 1 aromatic carbocycles. The minimum Gasteiger partial charge on any atom is -0.344 e. The molecular weight excluding hydrogens is 264 g/mol. The number of carbonyl (C=O) groups is 2. The maximum atomic E-state index is 12.2. The molecule has 0 aliphatic carbocycles. The van der Waals surface area contributed by atoms with E-state index in [0.29, 0.717) is 13.0 Å². The first-order valence-electron chi connectivity index (χ1n) is 7.72. The Balaban J connectivity index is 1.80. The van der Waals surface area contributed by atoms with Crippen molar-refractivity contribution in [3.8, 4) is 0 Å². The molecule has 2 amide bonds. The van der Waals surface area contributed by atoms with E-state index in [1.165, 1.54) is 5.56 Å². The molecule has 0 bridgehead atoms.